The van der Waals surface area contributed by atoms with E-state index in [2.05, 4.69) is 13.8 Å². The first kappa shape index (κ1) is 29.5. The molecule has 33 heavy (non-hydrogen) atoms. The fourth-order valence-corrected chi connectivity index (χ4v) is 4.15. The molecule has 1 aromatic carbocycles. The van der Waals surface area contributed by atoms with Crippen molar-refractivity contribution in [3.8, 4) is 11.5 Å². The van der Waals surface area contributed by atoms with Gasteiger partial charge < -0.3 is 9.47 Å². The minimum atomic E-state index is 0.0633. The highest BCUT2D eigenvalue weighted by atomic mass is 16.5. The zero-order valence-corrected chi connectivity index (χ0v) is 22.1. The van der Waals surface area contributed by atoms with Crippen molar-refractivity contribution in [2.24, 2.45) is 0 Å². The molecular weight excluding hydrogens is 408 g/mol. The molecule has 0 radical (unpaired) electrons. The smallest absolute Gasteiger partial charge is 0.161 e. The van der Waals surface area contributed by atoms with Crippen molar-refractivity contribution in [2.45, 2.75) is 136 Å². The summed E-state index contributed by atoms with van der Waals surface area (Å²) >= 11 is 0. The number of rotatable bonds is 23. The fourth-order valence-electron chi connectivity index (χ4n) is 4.15. The average Bonchev–Trinajstić information content (AvgIpc) is 2.82. The third-order valence-electron chi connectivity index (χ3n) is 6.36. The predicted octanol–water partition coefficient (Wildman–Crippen LogP) is 9.71. The normalized spacial score (nSPS) is 11.0. The molecule has 0 aliphatic rings. The maximum Gasteiger partial charge on any atom is 0.161 e. The summed E-state index contributed by atoms with van der Waals surface area (Å²) < 4.78 is 12.1. The molecule has 0 aromatic heterocycles. The molecule has 0 spiro atoms. The molecular formula is C30H52O3. The molecule has 1 rings (SSSR count). The van der Waals surface area contributed by atoms with E-state index in [0.717, 1.165) is 24.3 Å². The Kier molecular flexibility index (Phi) is 18.8. The van der Waals surface area contributed by atoms with Crippen molar-refractivity contribution in [2.75, 3.05) is 13.2 Å². The van der Waals surface area contributed by atoms with E-state index in [1.807, 2.05) is 18.2 Å². The van der Waals surface area contributed by atoms with Crippen LogP contribution in [-0.4, -0.2) is 19.0 Å². The largest absolute Gasteiger partial charge is 0.490 e. The van der Waals surface area contributed by atoms with E-state index in [1.165, 1.54) is 103 Å². The van der Waals surface area contributed by atoms with Gasteiger partial charge in [0.25, 0.3) is 0 Å². The number of carbonyl (C=O) groups is 1. The molecule has 0 atom stereocenters. The molecule has 0 fully saturated rings. The van der Waals surface area contributed by atoms with Gasteiger partial charge in [-0.25, -0.2) is 0 Å². The second kappa shape index (κ2) is 21.1. The summed E-state index contributed by atoms with van der Waals surface area (Å²) in [7, 11) is 0. The SMILES string of the molecule is CCCCCCCCCCCOc1ccc(C(C)=O)cc1OCCCCCCCCCCC. The first-order valence-electron chi connectivity index (χ1n) is 14.1. The third kappa shape index (κ3) is 15.9. The van der Waals surface area contributed by atoms with Gasteiger partial charge >= 0.3 is 0 Å². The van der Waals surface area contributed by atoms with Crippen LogP contribution in [-0.2, 0) is 0 Å². The highest BCUT2D eigenvalue weighted by molar-refractivity contribution is 5.94. The second-order valence-electron chi connectivity index (χ2n) is 9.57. The van der Waals surface area contributed by atoms with Gasteiger partial charge in [0.05, 0.1) is 13.2 Å². The quantitative estimate of drug-likeness (QED) is 0.120. The van der Waals surface area contributed by atoms with E-state index in [-0.39, 0.29) is 5.78 Å². The van der Waals surface area contributed by atoms with Gasteiger partial charge in [0, 0.05) is 5.56 Å². The summed E-state index contributed by atoms with van der Waals surface area (Å²) in [5.41, 5.74) is 0.688. The van der Waals surface area contributed by atoms with E-state index in [0.29, 0.717) is 18.8 Å². The molecule has 1 aromatic rings. The lowest BCUT2D eigenvalue weighted by molar-refractivity contribution is 0.101. The molecule has 0 amide bonds. The minimum absolute atomic E-state index is 0.0633. The lowest BCUT2D eigenvalue weighted by atomic mass is 10.1. The van der Waals surface area contributed by atoms with E-state index < -0.39 is 0 Å². The molecule has 0 saturated heterocycles. The molecule has 0 aliphatic heterocycles. The second-order valence-corrected chi connectivity index (χ2v) is 9.57. The monoisotopic (exact) mass is 460 g/mol. The Morgan fingerprint density at radius 1 is 0.576 bits per heavy atom. The van der Waals surface area contributed by atoms with E-state index >= 15 is 0 Å². The topological polar surface area (TPSA) is 35.5 Å². The number of benzene rings is 1. The Morgan fingerprint density at radius 2 is 0.970 bits per heavy atom. The van der Waals surface area contributed by atoms with Crippen LogP contribution in [0.15, 0.2) is 18.2 Å². The number of ether oxygens (including phenoxy) is 2. The lowest BCUT2D eigenvalue weighted by Crippen LogP contribution is -2.04. The summed E-state index contributed by atoms with van der Waals surface area (Å²) in [6.45, 7) is 7.53. The van der Waals surface area contributed by atoms with Crippen molar-refractivity contribution < 1.29 is 14.3 Å². The van der Waals surface area contributed by atoms with Crippen molar-refractivity contribution in [1.82, 2.24) is 0 Å². The van der Waals surface area contributed by atoms with Crippen LogP contribution in [0.4, 0.5) is 0 Å². The predicted molar refractivity (Wildman–Crippen MR) is 142 cm³/mol. The molecule has 0 bridgehead atoms. The van der Waals surface area contributed by atoms with Gasteiger partial charge in [0.1, 0.15) is 0 Å². The number of Topliss-reactive ketones (excluding diaryl/α,β-unsaturated/α-hetero) is 1. The van der Waals surface area contributed by atoms with Gasteiger partial charge in [-0.3, -0.25) is 4.79 Å². The minimum Gasteiger partial charge on any atom is -0.490 e. The third-order valence-corrected chi connectivity index (χ3v) is 6.36. The van der Waals surface area contributed by atoms with Gasteiger partial charge in [0.2, 0.25) is 0 Å². The lowest BCUT2D eigenvalue weighted by Gasteiger charge is -2.14. The van der Waals surface area contributed by atoms with Gasteiger partial charge in [0.15, 0.2) is 17.3 Å². The molecule has 0 unspecified atom stereocenters. The van der Waals surface area contributed by atoms with E-state index in [4.69, 9.17) is 9.47 Å². The van der Waals surface area contributed by atoms with Crippen molar-refractivity contribution in [1.29, 1.82) is 0 Å². The molecule has 0 saturated carbocycles. The maximum absolute atomic E-state index is 11.8. The molecule has 3 nitrogen and oxygen atoms in total. The zero-order chi connectivity index (χ0) is 24.0. The van der Waals surface area contributed by atoms with Gasteiger partial charge in [-0.15, -0.1) is 0 Å². The fraction of sp³-hybridized carbons (Fsp3) is 0.767. The van der Waals surface area contributed by atoms with Crippen LogP contribution in [0.25, 0.3) is 0 Å². The molecule has 3 heteroatoms. The number of hydrogen-bond donors (Lipinski definition) is 0. The Hall–Kier alpha value is -1.51. The molecule has 0 aliphatic carbocycles. The van der Waals surface area contributed by atoms with Crippen LogP contribution < -0.4 is 9.47 Å². The summed E-state index contributed by atoms with van der Waals surface area (Å²) in [4.78, 5) is 11.8. The highest BCUT2D eigenvalue weighted by Crippen LogP contribution is 2.29. The Morgan fingerprint density at radius 3 is 1.39 bits per heavy atom. The Balaban J connectivity index is 2.25. The number of carbonyl (C=O) groups excluding carboxylic acids is 1. The van der Waals surface area contributed by atoms with Crippen LogP contribution in [0.2, 0.25) is 0 Å². The van der Waals surface area contributed by atoms with Crippen LogP contribution in [0, 0.1) is 0 Å². The highest BCUT2D eigenvalue weighted by Gasteiger charge is 2.09. The summed E-state index contributed by atoms with van der Waals surface area (Å²) in [6, 6.07) is 5.59. The van der Waals surface area contributed by atoms with E-state index in [1.54, 1.807) is 6.92 Å². The Bertz CT molecular complexity index is 596. The summed E-state index contributed by atoms with van der Waals surface area (Å²) in [6.07, 6.45) is 23.4. The van der Waals surface area contributed by atoms with Crippen molar-refractivity contribution >= 4 is 5.78 Å². The maximum atomic E-state index is 11.8. The molecule has 0 heterocycles. The van der Waals surface area contributed by atoms with Crippen LogP contribution in [0.5, 0.6) is 11.5 Å². The van der Waals surface area contributed by atoms with E-state index in [9.17, 15) is 4.79 Å². The number of ketones is 1. The summed E-state index contributed by atoms with van der Waals surface area (Å²) in [5.74, 6) is 1.56. The molecule has 190 valence electrons. The van der Waals surface area contributed by atoms with Gasteiger partial charge in [-0.2, -0.15) is 0 Å². The van der Waals surface area contributed by atoms with Gasteiger partial charge in [-0.1, -0.05) is 117 Å². The van der Waals surface area contributed by atoms with Crippen LogP contribution in [0.1, 0.15) is 147 Å². The average molecular weight is 461 g/mol. The van der Waals surface area contributed by atoms with Crippen LogP contribution in [0.3, 0.4) is 0 Å². The van der Waals surface area contributed by atoms with Crippen molar-refractivity contribution in [3.63, 3.8) is 0 Å². The zero-order valence-electron chi connectivity index (χ0n) is 22.1. The number of hydrogen-bond acceptors (Lipinski definition) is 3. The Labute approximate surface area is 205 Å². The summed E-state index contributed by atoms with van der Waals surface area (Å²) in [5, 5.41) is 0. The standard InChI is InChI=1S/C30H52O3/c1-4-6-8-10-12-14-16-18-20-24-32-29-23-22-28(27(3)31)26-30(29)33-25-21-19-17-15-13-11-9-7-5-2/h22-23,26H,4-21,24-25H2,1-3H3. The molecule has 0 N–H and O–H groups in total. The van der Waals surface area contributed by atoms with Crippen molar-refractivity contribution in [3.05, 3.63) is 23.8 Å². The first-order valence-corrected chi connectivity index (χ1v) is 14.1. The van der Waals surface area contributed by atoms with Crippen LogP contribution >= 0.6 is 0 Å². The number of unbranched alkanes of at least 4 members (excludes halogenated alkanes) is 16. The first-order chi connectivity index (χ1) is 16.2. The van der Waals surface area contributed by atoms with Gasteiger partial charge in [-0.05, 0) is 38.0 Å².